The second-order valence-electron chi connectivity index (χ2n) is 7.65. The van der Waals surface area contributed by atoms with E-state index in [4.69, 9.17) is 4.74 Å². The number of carbonyl (C=O) groups excluding carboxylic acids is 1. The summed E-state index contributed by atoms with van der Waals surface area (Å²) >= 11 is 1.42. The molecule has 0 atom stereocenters. The second kappa shape index (κ2) is 9.53. The van der Waals surface area contributed by atoms with Gasteiger partial charge in [-0.2, -0.15) is 0 Å². The van der Waals surface area contributed by atoms with Crippen molar-refractivity contribution in [1.82, 2.24) is 24.6 Å². The van der Waals surface area contributed by atoms with E-state index in [-0.39, 0.29) is 5.91 Å². The fourth-order valence-electron chi connectivity index (χ4n) is 3.57. The summed E-state index contributed by atoms with van der Waals surface area (Å²) in [5.41, 5.74) is 2.98. The van der Waals surface area contributed by atoms with Crippen LogP contribution in [0.15, 0.2) is 53.7 Å². The van der Waals surface area contributed by atoms with E-state index in [0.29, 0.717) is 16.7 Å². The van der Waals surface area contributed by atoms with Crippen LogP contribution in [0.5, 0.6) is 5.75 Å². The van der Waals surface area contributed by atoms with Gasteiger partial charge >= 0.3 is 0 Å². The van der Waals surface area contributed by atoms with E-state index >= 15 is 0 Å². The predicted octanol–water partition coefficient (Wildman–Crippen LogP) is 3.12. The third kappa shape index (κ3) is 4.75. The quantitative estimate of drug-likeness (QED) is 0.552. The average molecular weight is 438 g/mol. The lowest BCUT2D eigenvalue weighted by Crippen LogP contribution is -2.47. The molecular formula is C23H27N5O2S. The van der Waals surface area contributed by atoms with Gasteiger partial charge in [-0.25, -0.2) is 0 Å². The molecule has 0 N–H and O–H groups in total. The molecule has 8 heteroatoms. The van der Waals surface area contributed by atoms with Crippen molar-refractivity contribution in [3.63, 3.8) is 0 Å². The first-order chi connectivity index (χ1) is 15.1. The first-order valence-electron chi connectivity index (χ1n) is 10.3. The maximum absolute atomic E-state index is 12.8. The second-order valence-corrected chi connectivity index (χ2v) is 8.59. The molecular weight excluding hydrogens is 410 g/mol. The van der Waals surface area contributed by atoms with Gasteiger partial charge < -0.3 is 14.5 Å². The third-order valence-electron chi connectivity index (χ3n) is 5.45. The summed E-state index contributed by atoms with van der Waals surface area (Å²) in [4.78, 5) is 16.9. The van der Waals surface area contributed by atoms with Crippen molar-refractivity contribution >= 4 is 17.7 Å². The van der Waals surface area contributed by atoms with Crippen LogP contribution in [0.2, 0.25) is 0 Å². The van der Waals surface area contributed by atoms with Gasteiger partial charge in [0.05, 0.1) is 18.4 Å². The number of benzene rings is 2. The van der Waals surface area contributed by atoms with Crippen molar-refractivity contribution in [3.05, 3.63) is 54.1 Å². The van der Waals surface area contributed by atoms with E-state index < -0.39 is 0 Å². The molecule has 1 aromatic heterocycles. The van der Waals surface area contributed by atoms with Crippen LogP contribution in [-0.4, -0.2) is 76.6 Å². The standard InChI is InChI=1S/C23H27N5O2S/c1-17-8-10-18(11-9-17)28-22(19-6-4-5-7-20(19)30-3)24-25-23(28)31-16-21(29)27-14-12-26(2)13-15-27/h4-11H,12-16H2,1-3H3. The summed E-state index contributed by atoms with van der Waals surface area (Å²) in [6.07, 6.45) is 0. The minimum absolute atomic E-state index is 0.135. The summed E-state index contributed by atoms with van der Waals surface area (Å²) in [6.45, 7) is 5.42. The highest BCUT2D eigenvalue weighted by atomic mass is 32.2. The Bertz CT molecular complexity index is 1040. The lowest BCUT2D eigenvalue weighted by molar-refractivity contribution is -0.129. The van der Waals surface area contributed by atoms with Crippen molar-refractivity contribution in [1.29, 1.82) is 0 Å². The number of methoxy groups -OCH3 is 1. The summed E-state index contributed by atoms with van der Waals surface area (Å²) in [5, 5.41) is 9.60. The number of aromatic nitrogens is 3. The predicted molar refractivity (Wildman–Crippen MR) is 123 cm³/mol. The van der Waals surface area contributed by atoms with Gasteiger partial charge in [-0.15, -0.1) is 10.2 Å². The molecule has 31 heavy (non-hydrogen) atoms. The van der Waals surface area contributed by atoms with Gasteiger partial charge in [-0.3, -0.25) is 9.36 Å². The van der Waals surface area contributed by atoms with Crippen LogP contribution in [0, 0.1) is 6.92 Å². The van der Waals surface area contributed by atoms with E-state index in [9.17, 15) is 4.79 Å². The molecule has 1 aliphatic rings. The summed E-state index contributed by atoms with van der Waals surface area (Å²) in [6, 6.07) is 16.0. The first-order valence-corrected chi connectivity index (χ1v) is 11.3. The minimum atomic E-state index is 0.135. The van der Waals surface area contributed by atoms with Crippen LogP contribution in [-0.2, 0) is 4.79 Å². The Morgan fingerprint density at radius 1 is 1.03 bits per heavy atom. The number of para-hydroxylation sites is 1. The summed E-state index contributed by atoms with van der Waals surface area (Å²) in [5.74, 6) is 1.89. The van der Waals surface area contributed by atoms with Crippen molar-refractivity contribution in [2.75, 3.05) is 46.1 Å². The Kier molecular flexibility index (Phi) is 6.58. The van der Waals surface area contributed by atoms with E-state index in [1.54, 1.807) is 7.11 Å². The average Bonchev–Trinajstić information content (AvgIpc) is 3.22. The van der Waals surface area contributed by atoms with Crippen LogP contribution in [0.1, 0.15) is 5.56 Å². The van der Waals surface area contributed by atoms with Crippen molar-refractivity contribution in [2.45, 2.75) is 12.1 Å². The molecule has 0 bridgehead atoms. The number of piperazine rings is 1. The number of likely N-dealkylation sites (N-methyl/N-ethyl adjacent to an activating group) is 1. The van der Waals surface area contributed by atoms with E-state index in [0.717, 1.165) is 43.2 Å². The van der Waals surface area contributed by atoms with Crippen LogP contribution in [0.4, 0.5) is 0 Å². The molecule has 162 valence electrons. The molecule has 7 nitrogen and oxygen atoms in total. The van der Waals surface area contributed by atoms with Gasteiger partial charge in [0.15, 0.2) is 11.0 Å². The molecule has 3 aromatic rings. The number of rotatable bonds is 6. The molecule has 1 saturated heterocycles. The Balaban J connectivity index is 1.64. The molecule has 2 heterocycles. The number of hydrogen-bond acceptors (Lipinski definition) is 6. The molecule has 0 spiro atoms. The largest absolute Gasteiger partial charge is 0.496 e. The number of aryl methyl sites for hydroxylation is 1. The van der Waals surface area contributed by atoms with Gasteiger partial charge in [0.25, 0.3) is 0 Å². The Labute approximate surface area is 187 Å². The fraction of sp³-hybridized carbons (Fsp3) is 0.348. The smallest absolute Gasteiger partial charge is 0.233 e. The van der Waals surface area contributed by atoms with E-state index in [1.165, 1.54) is 17.3 Å². The zero-order chi connectivity index (χ0) is 21.8. The normalized spacial score (nSPS) is 14.6. The van der Waals surface area contributed by atoms with Crippen LogP contribution < -0.4 is 4.74 Å². The summed E-state index contributed by atoms with van der Waals surface area (Å²) < 4.78 is 7.55. The SMILES string of the molecule is COc1ccccc1-c1nnc(SCC(=O)N2CCN(C)CC2)n1-c1ccc(C)cc1. The van der Waals surface area contributed by atoms with Crippen molar-refractivity contribution < 1.29 is 9.53 Å². The zero-order valence-corrected chi connectivity index (χ0v) is 18.9. The lowest BCUT2D eigenvalue weighted by atomic mass is 10.1. The molecule has 4 rings (SSSR count). The zero-order valence-electron chi connectivity index (χ0n) is 18.1. The van der Waals surface area contributed by atoms with Gasteiger partial charge in [0.1, 0.15) is 5.75 Å². The van der Waals surface area contributed by atoms with Crippen LogP contribution in [0.25, 0.3) is 17.1 Å². The number of amides is 1. The van der Waals surface area contributed by atoms with Crippen molar-refractivity contribution in [2.24, 2.45) is 0 Å². The minimum Gasteiger partial charge on any atom is -0.496 e. The Morgan fingerprint density at radius 2 is 1.74 bits per heavy atom. The molecule has 1 amide bonds. The van der Waals surface area contributed by atoms with Gasteiger partial charge in [-0.05, 0) is 38.2 Å². The third-order valence-corrected chi connectivity index (χ3v) is 6.37. The maximum Gasteiger partial charge on any atom is 0.233 e. The highest BCUT2D eigenvalue weighted by Crippen LogP contribution is 2.33. The Hall–Kier alpha value is -2.84. The van der Waals surface area contributed by atoms with E-state index in [1.807, 2.05) is 45.9 Å². The fourth-order valence-corrected chi connectivity index (χ4v) is 4.42. The molecule has 0 radical (unpaired) electrons. The van der Waals surface area contributed by atoms with Crippen LogP contribution >= 0.6 is 11.8 Å². The number of thioether (sulfide) groups is 1. The molecule has 2 aromatic carbocycles. The molecule has 1 aliphatic heterocycles. The van der Waals surface area contributed by atoms with Crippen molar-refractivity contribution in [3.8, 4) is 22.8 Å². The topological polar surface area (TPSA) is 63.5 Å². The molecule has 0 aliphatic carbocycles. The van der Waals surface area contributed by atoms with E-state index in [2.05, 4.69) is 41.2 Å². The highest BCUT2D eigenvalue weighted by Gasteiger charge is 2.22. The first kappa shape index (κ1) is 21.4. The molecule has 0 saturated carbocycles. The van der Waals surface area contributed by atoms with Gasteiger partial charge in [-0.1, -0.05) is 41.6 Å². The van der Waals surface area contributed by atoms with Crippen LogP contribution in [0.3, 0.4) is 0 Å². The maximum atomic E-state index is 12.8. The molecule has 1 fully saturated rings. The lowest BCUT2D eigenvalue weighted by Gasteiger charge is -2.32. The number of carbonyl (C=O) groups is 1. The molecule has 0 unspecified atom stereocenters. The summed E-state index contributed by atoms with van der Waals surface area (Å²) in [7, 11) is 3.73. The Morgan fingerprint density at radius 3 is 2.45 bits per heavy atom. The number of hydrogen-bond donors (Lipinski definition) is 0. The number of nitrogens with zero attached hydrogens (tertiary/aromatic N) is 5. The number of ether oxygens (including phenoxy) is 1. The van der Waals surface area contributed by atoms with Gasteiger partial charge in [0, 0.05) is 31.9 Å². The monoisotopic (exact) mass is 437 g/mol. The highest BCUT2D eigenvalue weighted by molar-refractivity contribution is 7.99. The van der Waals surface area contributed by atoms with Gasteiger partial charge in [0.2, 0.25) is 5.91 Å².